The molecule has 0 saturated carbocycles. The Morgan fingerprint density at radius 2 is 1.79 bits per heavy atom. The van der Waals surface area contributed by atoms with Crippen molar-refractivity contribution in [3.63, 3.8) is 0 Å². The summed E-state index contributed by atoms with van der Waals surface area (Å²) in [6.45, 7) is 10.6. The van der Waals surface area contributed by atoms with Crippen LogP contribution in [0.4, 0.5) is 9.59 Å². The Morgan fingerprint density at radius 1 is 1.25 bits per heavy atom. The van der Waals surface area contributed by atoms with Crippen LogP contribution in [0.3, 0.4) is 0 Å². The van der Waals surface area contributed by atoms with Crippen molar-refractivity contribution in [1.29, 1.82) is 0 Å². The molecule has 3 amide bonds. The predicted octanol–water partition coefficient (Wildman–Crippen LogP) is 0.990. The molecule has 1 aliphatic rings. The minimum atomic E-state index is -1.06. The van der Waals surface area contributed by atoms with E-state index in [1.165, 1.54) is 9.80 Å². The Bertz CT molecular complexity index is 509. The number of likely N-dealkylation sites (tertiary alicyclic amines) is 1. The maximum atomic E-state index is 12.5. The van der Waals surface area contributed by atoms with E-state index in [0.717, 1.165) is 0 Å². The fourth-order valence-corrected chi connectivity index (χ4v) is 2.83. The van der Waals surface area contributed by atoms with E-state index in [4.69, 9.17) is 10.6 Å². The maximum absolute atomic E-state index is 12.5. The number of carbonyl (C=O) groups excluding carboxylic acids is 2. The van der Waals surface area contributed by atoms with Crippen LogP contribution in [-0.2, 0) is 9.53 Å². The Hall–Kier alpha value is -2.03. The molecule has 1 fully saturated rings. The quantitative estimate of drug-likeness (QED) is 0.398. The van der Waals surface area contributed by atoms with Crippen molar-refractivity contribution in [2.75, 3.05) is 13.1 Å². The van der Waals surface area contributed by atoms with E-state index < -0.39 is 41.2 Å². The number of nitrogens with zero attached hydrogens (tertiary/aromatic N) is 2. The zero-order chi connectivity index (χ0) is 18.9. The van der Waals surface area contributed by atoms with Crippen LogP contribution < -0.4 is 11.3 Å². The average Bonchev–Trinajstić information content (AvgIpc) is 2.31. The van der Waals surface area contributed by atoms with Gasteiger partial charge in [0.05, 0.1) is 12.1 Å². The van der Waals surface area contributed by atoms with Gasteiger partial charge >= 0.3 is 12.2 Å². The molecule has 1 rings (SSSR count). The molecule has 0 aromatic carbocycles. The zero-order valence-corrected chi connectivity index (χ0v) is 15.1. The lowest BCUT2D eigenvalue weighted by Gasteiger charge is -2.55. The first-order chi connectivity index (χ1) is 10.8. The van der Waals surface area contributed by atoms with Crippen molar-refractivity contribution in [2.24, 2.45) is 11.3 Å². The molecule has 2 atom stereocenters. The summed E-state index contributed by atoms with van der Waals surface area (Å²) in [6.07, 6.45) is -1.73. The summed E-state index contributed by atoms with van der Waals surface area (Å²) < 4.78 is 5.36. The largest absolute Gasteiger partial charge is 0.465 e. The molecule has 0 bridgehead atoms. The first-order valence-corrected chi connectivity index (χ1v) is 7.76. The van der Waals surface area contributed by atoms with Crippen LogP contribution in [-0.4, -0.2) is 63.8 Å². The van der Waals surface area contributed by atoms with Crippen LogP contribution in [0.2, 0.25) is 0 Å². The highest BCUT2D eigenvalue weighted by Crippen LogP contribution is 2.37. The number of nitrogens with one attached hydrogen (secondary N) is 1. The van der Waals surface area contributed by atoms with Gasteiger partial charge in [0.15, 0.2) is 0 Å². The number of ether oxygens (including phenoxy) is 1. The van der Waals surface area contributed by atoms with Crippen LogP contribution in [0.25, 0.3) is 0 Å². The molecule has 4 N–H and O–H groups in total. The molecule has 0 aromatic rings. The second-order valence-corrected chi connectivity index (χ2v) is 7.99. The lowest BCUT2D eigenvalue weighted by Crippen LogP contribution is -2.73. The minimum absolute atomic E-state index is 0.119. The highest BCUT2D eigenvalue weighted by molar-refractivity contribution is 5.82. The number of amides is 3. The van der Waals surface area contributed by atoms with Crippen molar-refractivity contribution in [3.8, 4) is 0 Å². The predicted molar refractivity (Wildman–Crippen MR) is 87.0 cm³/mol. The molecule has 2 unspecified atom stereocenters. The van der Waals surface area contributed by atoms with Crippen LogP contribution >= 0.6 is 0 Å². The summed E-state index contributed by atoms with van der Waals surface area (Å²) in [5, 5.41) is 9.31. The lowest BCUT2D eigenvalue weighted by molar-refractivity contribution is -0.126. The fraction of sp³-hybridized carbons (Fsp3) is 0.800. The van der Waals surface area contributed by atoms with Crippen molar-refractivity contribution >= 4 is 18.1 Å². The van der Waals surface area contributed by atoms with E-state index in [0.29, 0.717) is 0 Å². The molecule has 0 aromatic heterocycles. The van der Waals surface area contributed by atoms with Crippen molar-refractivity contribution in [1.82, 2.24) is 15.2 Å². The van der Waals surface area contributed by atoms with Crippen LogP contribution in [0.15, 0.2) is 0 Å². The molecular weight excluding hydrogens is 316 g/mol. The normalized spacial score (nSPS) is 20.9. The number of carbonyl (C=O) groups is 3. The van der Waals surface area contributed by atoms with Crippen LogP contribution in [0.5, 0.6) is 0 Å². The maximum Gasteiger partial charge on any atom is 0.411 e. The van der Waals surface area contributed by atoms with Gasteiger partial charge in [0.1, 0.15) is 12.1 Å². The molecule has 9 nitrogen and oxygen atoms in total. The van der Waals surface area contributed by atoms with Gasteiger partial charge in [-0.05, 0) is 26.2 Å². The lowest BCUT2D eigenvalue weighted by atomic mass is 9.75. The minimum Gasteiger partial charge on any atom is -0.465 e. The Kier molecular flexibility index (Phi) is 5.70. The molecular formula is C15H28N4O5. The van der Waals surface area contributed by atoms with Gasteiger partial charge in [0.25, 0.3) is 5.91 Å². The second-order valence-electron chi connectivity index (χ2n) is 7.99. The zero-order valence-electron chi connectivity index (χ0n) is 15.1. The Morgan fingerprint density at radius 3 is 2.17 bits per heavy atom. The third-order valence-electron chi connectivity index (χ3n) is 3.72. The van der Waals surface area contributed by atoms with Gasteiger partial charge < -0.3 is 14.7 Å². The van der Waals surface area contributed by atoms with Crippen molar-refractivity contribution < 1.29 is 24.2 Å². The number of hydrazine groups is 1. The molecule has 24 heavy (non-hydrogen) atoms. The molecule has 0 aliphatic carbocycles. The van der Waals surface area contributed by atoms with Gasteiger partial charge in [0, 0.05) is 6.54 Å². The standard InChI is InChI=1S/C15H28N4O5/c1-14(2,3)11-9(7-19(11)12(21)22)18(8-10(20)17-16)13(23)24-15(4,5)6/h9,11H,7-8,16H2,1-6H3,(H,17,20)(H,21,22). The van der Waals surface area contributed by atoms with Gasteiger partial charge in [-0.15, -0.1) is 0 Å². The monoisotopic (exact) mass is 344 g/mol. The molecule has 0 radical (unpaired) electrons. The number of carboxylic acid groups (broad SMARTS) is 1. The van der Waals surface area contributed by atoms with E-state index in [2.05, 4.69) is 0 Å². The number of hydrogen-bond acceptors (Lipinski definition) is 5. The number of rotatable bonds is 3. The van der Waals surface area contributed by atoms with Gasteiger partial charge in [-0.2, -0.15) is 0 Å². The molecule has 9 heteroatoms. The van der Waals surface area contributed by atoms with E-state index in [-0.39, 0.29) is 13.1 Å². The topological polar surface area (TPSA) is 125 Å². The van der Waals surface area contributed by atoms with Crippen LogP contribution in [0.1, 0.15) is 41.5 Å². The highest BCUT2D eigenvalue weighted by Gasteiger charge is 2.52. The molecule has 0 spiro atoms. The fourth-order valence-electron chi connectivity index (χ4n) is 2.83. The Balaban J connectivity index is 3.08. The second kappa shape index (κ2) is 6.84. The number of hydrogen-bond donors (Lipinski definition) is 3. The molecule has 1 heterocycles. The van der Waals surface area contributed by atoms with Gasteiger partial charge in [-0.3, -0.25) is 15.1 Å². The SMILES string of the molecule is CC(C)(C)OC(=O)N(CC(=O)NN)C1CN(C(=O)O)C1C(C)(C)C. The molecule has 1 aliphatic heterocycles. The first-order valence-electron chi connectivity index (χ1n) is 7.76. The summed E-state index contributed by atoms with van der Waals surface area (Å²) in [7, 11) is 0. The molecule has 1 saturated heterocycles. The summed E-state index contributed by atoms with van der Waals surface area (Å²) >= 11 is 0. The van der Waals surface area contributed by atoms with Crippen molar-refractivity contribution in [3.05, 3.63) is 0 Å². The first kappa shape index (κ1) is 20.0. The summed E-state index contributed by atoms with van der Waals surface area (Å²) in [4.78, 5) is 38.1. The molecule has 138 valence electrons. The number of nitrogens with two attached hydrogens (primary N) is 1. The van der Waals surface area contributed by atoms with E-state index >= 15 is 0 Å². The smallest absolute Gasteiger partial charge is 0.411 e. The highest BCUT2D eigenvalue weighted by atomic mass is 16.6. The van der Waals surface area contributed by atoms with E-state index in [1.807, 2.05) is 26.2 Å². The third kappa shape index (κ3) is 4.73. The van der Waals surface area contributed by atoms with Gasteiger partial charge in [-0.1, -0.05) is 20.8 Å². The summed E-state index contributed by atoms with van der Waals surface area (Å²) in [5.74, 6) is 4.57. The Labute approximate surface area is 142 Å². The third-order valence-corrected chi connectivity index (χ3v) is 3.72. The summed E-state index contributed by atoms with van der Waals surface area (Å²) in [5.41, 5.74) is 0.835. The van der Waals surface area contributed by atoms with E-state index in [1.54, 1.807) is 20.8 Å². The van der Waals surface area contributed by atoms with Gasteiger partial charge in [-0.25, -0.2) is 15.4 Å². The summed E-state index contributed by atoms with van der Waals surface area (Å²) in [6, 6.07) is -0.915. The van der Waals surface area contributed by atoms with Gasteiger partial charge in [0.2, 0.25) is 0 Å². The average molecular weight is 344 g/mol. The van der Waals surface area contributed by atoms with Crippen LogP contribution in [0, 0.1) is 5.41 Å². The van der Waals surface area contributed by atoms with Crippen molar-refractivity contribution in [2.45, 2.75) is 59.2 Å². The van der Waals surface area contributed by atoms with E-state index in [9.17, 15) is 19.5 Å².